The Labute approximate surface area is 174 Å². The summed E-state index contributed by atoms with van der Waals surface area (Å²) in [4.78, 5) is 13.8. The number of primary sulfonamides is 1. The highest BCUT2D eigenvalue weighted by atomic mass is 32.2. The smallest absolute Gasteiger partial charge is 0.335 e. The minimum atomic E-state index is -4.08. The molecule has 4 N–H and O–H groups in total. The molecule has 1 saturated heterocycles. The van der Waals surface area contributed by atoms with Gasteiger partial charge in [0.1, 0.15) is 0 Å². The van der Waals surface area contributed by atoms with Crippen molar-refractivity contribution in [2.75, 3.05) is 24.5 Å². The van der Waals surface area contributed by atoms with Crippen LogP contribution < -0.4 is 15.4 Å². The Kier molecular flexibility index (Phi) is 8.92. The van der Waals surface area contributed by atoms with E-state index in [0.717, 1.165) is 71.0 Å². The summed E-state index contributed by atoms with van der Waals surface area (Å²) < 4.78 is 25.0. The number of sulfonamides is 1. The Balaban J connectivity index is 2.71. The lowest BCUT2D eigenvalue weighted by Gasteiger charge is -2.31. The van der Waals surface area contributed by atoms with E-state index in [9.17, 15) is 18.3 Å². The number of aromatic carboxylic acids is 1. The summed E-state index contributed by atoms with van der Waals surface area (Å²) >= 11 is 0. The molecule has 0 aliphatic carbocycles. The molecule has 0 spiro atoms. The summed E-state index contributed by atoms with van der Waals surface area (Å²) in [6, 6.07) is 2.69. The van der Waals surface area contributed by atoms with Crippen LogP contribution in [-0.4, -0.2) is 39.1 Å². The zero-order valence-electron chi connectivity index (χ0n) is 17.6. The molecule has 8 heteroatoms. The number of nitrogens with two attached hydrogens (primary N) is 1. The van der Waals surface area contributed by atoms with Crippen LogP contribution in [0, 0.1) is 0 Å². The highest BCUT2D eigenvalue weighted by molar-refractivity contribution is 7.89. The van der Waals surface area contributed by atoms with E-state index in [-0.39, 0.29) is 16.5 Å². The molecule has 1 aromatic carbocycles. The number of hydrogen-bond acceptors (Lipinski definition) is 5. The lowest BCUT2D eigenvalue weighted by atomic mass is 9.97. The molecule has 0 radical (unpaired) electrons. The van der Waals surface area contributed by atoms with E-state index in [1.165, 1.54) is 6.07 Å². The van der Waals surface area contributed by atoms with Crippen molar-refractivity contribution >= 4 is 21.7 Å². The van der Waals surface area contributed by atoms with Gasteiger partial charge in [-0.25, -0.2) is 18.4 Å². The summed E-state index contributed by atoms with van der Waals surface area (Å²) in [5, 5.41) is 18.7. The second kappa shape index (κ2) is 10.9. The largest absolute Gasteiger partial charge is 0.478 e. The monoisotopic (exact) mass is 425 g/mol. The van der Waals surface area contributed by atoms with E-state index >= 15 is 0 Å². The molecule has 0 aromatic heterocycles. The predicted octanol–water partition coefficient (Wildman–Crippen LogP) is 3.64. The molecule has 1 unspecified atom stereocenters. The van der Waals surface area contributed by atoms with Crippen molar-refractivity contribution in [3.63, 3.8) is 0 Å². The van der Waals surface area contributed by atoms with Crippen molar-refractivity contribution in [3.8, 4) is 0 Å². The van der Waals surface area contributed by atoms with Crippen LogP contribution in [0.15, 0.2) is 17.0 Å². The summed E-state index contributed by atoms with van der Waals surface area (Å²) in [6.07, 6.45) is 7.82. The van der Waals surface area contributed by atoms with Crippen LogP contribution in [-0.2, 0) is 10.0 Å². The third kappa shape index (κ3) is 6.42. The zero-order chi connectivity index (χ0) is 21.4. The Morgan fingerprint density at radius 3 is 2.38 bits per heavy atom. The van der Waals surface area contributed by atoms with Crippen molar-refractivity contribution in [1.29, 1.82) is 0 Å². The van der Waals surface area contributed by atoms with Crippen LogP contribution >= 0.6 is 0 Å². The molecular weight excluding hydrogens is 390 g/mol. The summed E-state index contributed by atoms with van der Waals surface area (Å²) in [6.45, 7) is 6.52. The number of rotatable bonds is 10. The molecule has 0 saturated carbocycles. The first kappa shape index (κ1) is 23.6. The molecule has 1 aliphatic heterocycles. The molecule has 29 heavy (non-hydrogen) atoms. The maximum atomic E-state index is 12.5. The molecule has 1 aliphatic rings. The van der Waals surface area contributed by atoms with Gasteiger partial charge in [-0.2, -0.15) is 0 Å². The molecule has 1 atom stereocenters. The van der Waals surface area contributed by atoms with Gasteiger partial charge in [-0.15, -0.1) is 0 Å². The lowest BCUT2D eigenvalue weighted by Crippen LogP contribution is -2.32. The summed E-state index contributed by atoms with van der Waals surface area (Å²) in [7, 11) is -4.08. The fraction of sp³-hybridized carbons (Fsp3) is 0.667. The number of anilines is 1. The van der Waals surface area contributed by atoms with Crippen molar-refractivity contribution in [2.45, 2.75) is 76.2 Å². The molecule has 0 bridgehead atoms. The average molecular weight is 426 g/mol. The number of unbranched alkanes of at least 4 members (excludes halogenated alkanes) is 2. The average Bonchev–Trinajstić information content (AvgIpc) is 2.95. The highest BCUT2D eigenvalue weighted by Crippen LogP contribution is 2.37. The Morgan fingerprint density at radius 1 is 1.17 bits per heavy atom. The summed E-state index contributed by atoms with van der Waals surface area (Å²) in [5.41, 5.74) is 1.28. The van der Waals surface area contributed by atoms with Crippen LogP contribution in [0.4, 0.5) is 5.69 Å². The fourth-order valence-electron chi connectivity index (χ4n) is 3.91. The third-order valence-electron chi connectivity index (χ3n) is 5.49. The van der Waals surface area contributed by atoms with Crippen LogP contribution in [0.3, 0.4) is 0 Å². The van der Waals surface area contributed by atoms with E-state index in [1.54, 1.807) is 6.07 Å². The van der Waals surface area contributed by atoms with Gasteiger partial charge >= 0.3 is 5.97 Å². The van der Waals surface area contributed by atoms with E-state index in [0.29, 0.717) is 11.3 Å². The van der Waals surface area contributed by atoms with Crippen LogP contribution in [0.1, 0.15) is 87.2 Å². The molecule has 1 heterocycles. The van der Waals surface area contributed by atoms with Gasteiger partial charge in [-0.05, 0) is 44.4 Å². The summed E-state index contributed by atoms with van der Waals surface area (Å²) in [5.74, 6) is -1.15. The molecule has 164 valence electrons. The van der Waals surface area contributed by atoms with Gasteiger partial charge in [0.15, 0.2) is 0 Å². The van der Waals surface area contributed by atoms with Crippen molar-refractivity contribution < 1.29 is 18.3 Å². The van der Waals surface area contributed by atoms with Crippen molar-refractivity contribution in [3.05, 3.63) is 23.3 Å². The fourth-order valence-corrected chi connectivity index (χ4v) is 4.75. The second-order valence-electron chi connectivity index (χ2n) is 7.81. The predicted molar refractivity (Wildman–Crippen MR) is 116 cm³/mol. The van der Waals surface area contributed by atoms with Gasteiger partial charge in [-0.3, -0.25) is 0 Å². The van der Waals surface area contributed by atoms with Crippen LogP contribution in [0.25, 0.3) is 0 Å². The third-order valence-corrected chi connectivity index (χ3v) is 6.44. The lowest BCUT2D eigenvalue weighted by molar-refractivity contribution is 0.0696. The minimum Gasteiger partial charge on any atom is -0.478 e. The van der Waals surface area contributed by atoms with E-state index in [4.69, 9.17) is 5.14 Å². The number of benzene rings is 1. The quantitative estimate of drug-likeness (QED) is 0.527. The van der Waals surface area contributed by atoms with Gasteiger partial charge in [-0.1, -0.05) is 39.5 Å². The molecule has 0 amide bonds. The molecule has 7 nitrogen and oxygen atoms in total. The molecule has 1 fully saturated rings. The number of hydrogen-bond donors (Lipinski definition) is 3. The Morgan fingerprint density at radius 2 is 1.83 bits per heavy atom. The van der Waals surface area contributed by atoms with E-state index in [1.807, 2.05) is 0 Å². The minimum absolute atomic E-state index is 0.0422. The van der Waals surface area contributed by atoms with Gasteiger partial charge < -0.3 is 15.3 Å². The van der Waals surface area contributed by atoms with Crippen LogP contribution in [0.2, 0.25) is 0 Å². The van der Waals surface area contributed by atoms with E-state index in [2.05, 4.69) is 24.1 Å². The second-order valence-corrected chi connectivity index (χ2v) is 9.34. The highest BCUT2D eigenvalue weighted by Gasteiger charge is 2.29. The molecule has 2 rings (SSSR count). The number of nitrogens with one attached hydrogen (secondary N) is 1. The van der Waals surface area contributed by atoms with Crippen LogP contribution in [0.5, 0.6) is 0 Å². The normalized spacial score (nSPS) is 17.7. The van der Waals surface area contributed by atoms with Gasteiger partial charge in [0.25, 0.3) is 0 Å². The van der Waals surface area contributed by atoms with Gasteiger partial charge in [0, 0.05) is 30.4 Å². The molecular formula is C21H35N3O4S. The number of carbonyl (C=O) groups is 1. The maximum Gasteiger partial charge on any atom is 0.335 e. The van der Waals surface area contributed by atoms with Gasteiger partial charge in [0.2, 0.25) is 10.0 Å². The number of carboxylic acids is 1. The zero-order valence-corrected chi connectivity index (χ0v) is 18.4. The topological polar surface area (TPSA) is 113 Å². The Hall–Kier alpha value is -1.64. The first-order valence-corrected chi connectivity index (χ1v) is 12.3. The van der Waals surface area contributed by atoms with Gasteiger partial charge in [0.05, 0.1) is 10.5 Å². The maximum absolute atomic E-state index is 12.5. The Bertz CT molecular complexity index is 779. The van der Waals surface area contributed by atoms with Crippen molar-refractivity contribution in [1.82, 2.24) is 5.32 Å². The van der Waals surface area contributed by atoms with E-state index < -0.39 is 16.0 Å². The number of nitrogens with zero attached hydrogens (tertiary/aromatic N) is 1. The first-order chi connectivity index (χ1) is 13.8. The standard InChI is InChI=1S/C21H35N3O4S/c1-3-5-12-24(13-6-4-2)18-14-16(21(25)26)15-19(29(22,27)28)20(18)17-10-8-7-9-11-23-17/h14-15,17,23H,3-13H2,1-2H3,(H,25,26)(H2,22,27,28). The first-order valence-electron chi connectivity index (χ1n) is 10.7. The van der Waals surface area contributed by atoms with Crippen molar-refractivity contribution in [2.24, 2.45) is 5.14 Å². The number of carboxylic acid groups (broad SMARTS) is 1. The SMILES string of the molecule is CCCCN(CCCC)c1cc(C(=O)O)cc(S(N)(=O)=O)c1C1CCCCCN1. The molecule has 1 aromatic rings.